The van der Waals surface area contributed by atoms with Crippen LogP contribution >= 0.6 is 0 Å². The molecule has 6 heteroatoms. The molecule has 0 saturated heterocycles. The molecule has 2 amide bonds. The second-order valence-electron chi connectivity index (χ2n) is 5.66. The number of carbonyl (C=O) groups excluding carboxylic acids is 1. The van der Waals surface area contributed by atoms with Gasteiger partial charge in [-0.05, 0) is 41.8 Å². The summed E-state index contributed by atoms with van der Waals surface area (Å²) in [4.78, 5) is 13.6. The first-order valence-electron chi connectivity index (χ1n) is 7.74. The first kappa shape index (κ1) is 16.1. The van der Waals surface area contributed by atoms with Gasteiger partial charge < -0.3 is 19.7 Å². The van der Waals surface area contributed by atoms with E-state index in [1.807, 2.05) is 18.2 Å². The quantitative estimate of drug-likeness (QED) is 0.917. The van der Waals surface area contributed by atoms with Gasteiger partial charge in [0.15, 0.2) is 11.5 Å². The number of amides is 2. The van der Waals surface area contributed by atoms with Crippen LogP contribution in [0, 0.1) is 5.82 Å². The summed E-state index contributed by atoms with van der Waals surface area (Å²) >= 11 is 0. The molecule has 0 unspecified atom stereocenters. The van der Waals surface area contributed by atoms with Gasteiger partial charge in [0.1, 0.15) is 5.82 Å². The molecule has 1 N–H and O–H groups in total. The highest BCUT2D eigenvalue weighted by Gasteiger charge is 2.13. The summed E-state index contributed by atoms with van der Waals surface area (Å²) in [5.41, 5.74) is 1.82. The van der Waals surface area contributed by atoms with Gasteiger partial charge in [-0.2, -0.15) is 0 Å². The highest BCUT2D eigenvalue weighted by molar-refractivity contribution is 5.73. The molecule has 0 fully saturated rings. The molecule has 1 aliphatic heterocycles. The maximum Gasteiger partial charge on any atom is 0.317 e. The summed E-state index contributed by atoms with van der Waals surface area (Å²) in [7, 11) is 1.68. The first-order chi connectivity index (χ1) is 11.6. The molecule has 3 rings (SSSR count). The van der Waals surface area contributed by atoms with E-state index in [1.165, 1.54) is 17.0 Å². The van der Waals surface area contributed by atoms with Crippen LogP contribution in [0.25, 0.3) is 0 Å². The fourth-order valence-electron chi connectivity index (χ4n) is 2.53. The molecule has 1 aliphatic rings. The molecule has 24 heavy (non-hydrogen) atoms. The van der Waals surface area contributed by atoms with E-state index in [0.29, 0.717) is 19.5 Å². The highest BCUT2D eigenvalue weighted by atomic mass is 19.1. The van der Waals surface area contributed by atoms with E-state index in [9.17, 15) is 9.18 Å². The lowest BCUT2D eigenvalue weighted by atomic mass is 10.1. The zero-order valence-corrected chi connectivity index (χ0v) is 13.4. The average molecular weight is 330 g/mol. The van der Waals surface area contributed by atoms with E-state index < -0.39 is 0 Å². The van der Waals surface area contributed by atoms with Crippen molar-refractivity contribution >= 4 is 6.03 Å². The van der Waals surface area contributed by atoms with Gasteiger partial charge in [0, 0.05) is 20.1 Å². The lowest BCUT2D eigenvalue weighted by Gasteiger charge is -2.18. The van der Waals surface area contributed by atoms with E-state index in [1.54, 1.807) is 19.2 Å². The van der Waals surface area contributed by atoms with Crippen molar-refractivity contribution in [2.75, 3.05) is 20.4 Å². The highest BCUT2D eigenvalue weighted by Crippen LogP contribution is 2.32. The number of carbonyl (C=O) groups is 1. The fourth-order valence-corrected chi connectivity index (χ4v) is 2.53. The molecule has 0 radical (unpaired) electrons. The Balaban J connectivity index is 1.46. The van der Waals surface area contributed by atoms with E-state index in [0.717, 1.165) is 22.6 Å². The molecule has 2 aromatic rings. The zero-order valence-electron chi connectivity index (χ0n) is 13.4. The van der Waals surface area contributed by atoms with Crippen LogP contribution < -0.4 is 14.8 Å². The first-order valence-corrected chi connectivity index (χ1v) is 7.74. The third kappa shape index (κ3) is 3.95. The normalized spacial score (nSPS) is 12.1. The van der Waals surface area contributed by atoms with Crippen LogP contribution in [0.5, 0.6) is 11.5 Å². The monoisotopic (exact) mass is 330 g/mol. The van der Waals surface area contributed by atoms with E-state index >= 15 is 0 Å². The van der Waals surface area contributed by atoms with Crippen molar-refractivity contribution in [1.29, 1.82) is 0 Å². The predicted octanol–water partition coefficient (Wildman–Crippen LogP) is 2.94. The SMILES string of the molecule is CN(Cc1cccc(F)c1)C(=O)NCCc1ccc2c(c1)OCO2. The Bertz CT molecular complexity index is 736. The van der Waals surface area contributed by atoms with Crippen LogP contribution in [0.3, 0.4) is 0 Å². The van der Waals surface area contributed by atoms with Crippen molar-refractivity contribution in [2.45, 2.75) is 13.0 Å². The average Bonchev–Trinajstić information content (AvgIpc) is 3.02. The number of urea groups is 1. The van der Waals surface area contributed by atoms with Crippen molar-refractivity contribution in [3.05, 3.63) is 59.4 Å². The topological polar surface area (TPSA) is 50.8 Å². The number of benzene rings is 2. The van der Waals surface area contributed by atoms with Crippen LogP contribution in [0.15, 0.2) is 42.5 Å². The second-order valence-corrected chi connectivity index (χ2v) is 5.66. The number of nitrogens with one attached hydrogen (secondary N) is 1. The Morgan fingerprint density at radius 2 is 2.00 bits per heavy atom. The molecule has 2 aromatic carbocycles. The molecule has 1 heterocycles. The third-order valence-electron chi connectivity index (χ3n) is 3.78. The molecule has 0 atom stereocenters. The number of halogens is 1. The van der Waals surface area contributed by atoms with Crippen LogP contribution in [0.1, 0.15) is 11.1 Å². The van der Waals surface area contributed by atoms with Gasteiger partial charge in [-0.25, -0.2) is 9.18 Å². The number of ether oxygens (including phenoxy) is 2. The molecule has 0 aromatic heterocycles. The molecule has 0 aliphatic carbocycles. The summed E-state index contributed by atoms with van der Waals surface area (Å²) in [6.07, 6.45) is 0.691. The summed E-state index contributed by atoms with van der Waals surface area (Å²) in [6, 6.07) is 11.8. The summed E-state index contributed by atoms with van der Waals surface area (Å²) in [5.74, 6) is 1.18. The summed E-state index contributed by atoms with van der Waals surface area (Å²) in [6.45, 7) is 1.11. The predicted molar refractivity (Wildman–Crippen MR) is 87.5 cm³/mol. The number of hydrogen-bond donors (Lipinski definition) is 1. The Hall–Kier alpha value is -2.76. The molecular formula is C18H19FN2O3. The van der Waals surface area contributed by atoms with Crippen LogP contribution in [-0.2, 0) is 13.0 Å². The lowest BCUT2D eigenvalue weighted by molar-refractivity contribution is 0.174. The molecular weight excluding hydrogens is 311 g/mol. The van der Waals surface area contributed by atoms with Crippen molar-refractivity contribution in [3.63, 3.8) is 0 Å². The summed E-state index contributed by atoms with van der Waals surface area (Å²) in [5, 5.41) is 2.85. The number of nitrogens with zero attached hydrogens (tertiary/aromatic N) is 1. The number of fused-ring (bicyclic) bond motifs is 1. The summed E-state index contributed by atoms with van der Waals surface area (Å²) < 4.78 is 23.8. The van der Waals surface area contributed by atoms with Gasteiger partial charge in [0.05, 0.1) is 0 Å². The van der Waals surface area contributed by atoms with Gasteiger partial charge in [0.2, 0.25) is 6.79 Å². The molecule has 0 bridgehead atoms. The van der Waals surface area contributed by atoms with Gasteiger partial charge in [-0.3, -0.25) is 0 Å². The van der Waals surface area contributed by atoms with Crippen molar-refractivity contribution in [1.82, 2.24) is 10.2 Å². The van der Waals surface area contributed by atoms with E-state index in [-0.39, 0.29) is 18.6 Å². The maximum absolute atomic E-state index is 13.2. The van der Waals surface area contributed by atoms with E-state index in [2.05, 4.69) is 5.32 Å². The lowest BCUT2D eigenvalue weighted by Crippen LogP contribution is -2.37. The molecule has 5 nitrogen and oxygen atoms in total. The maximum atomic E-state index is 13.2. The van der Waals surface area contributed by atoms with Gasteiger partial charge in [0.25, 0.3) is 0 Å². The van der Waals surface area contributed by atoms with Gasteiger partial charge in [-0.15, -0.1) is 0 Å². The minimum Gasteiger partial charge on any atom is -0.454 e. The zero-order chi connectivity index (χ0) is 16.9. The fraction of sp³-hybridized carbons (Fsp3) is 0.278. The van der Waals surface area contributed by atoms with Crippen LogP contribution in [-0.4, -0.2) is 31.3 Å². The van der Waals surface area contributed by atoms with Crippen LogP contribution in [0.2, 0.25) is 0 Å². The van der Waals surface area contributed by atoms with Gasteiger partial charge >= 0.3 is 6.03 Å². The minimum absolute atomic E-state index is 0.194. The Labute approximate surface area is 140 Å². The van der Waals surface area contributed by atoms with Crippen LogP contribution in [0.4, 0.5) is 9.18 Å². The van der Waals surface area contributed by atoms with E-state index in [4.69, 9.17) is 9.47 Å². The molecule has 126 valence electrons. The van der Waals surface area contributed by atoms with Gasteiger partial charge in [-0.1, -0.05) is 18.2 Å². The van der Waals surface area contributed by atoms with Crippen molar-refractivity contribution in [3.8, 4) is 11.5 Å². The Morgan fingerprint density at radius 1 is 1.17 bits per heavy atom. The van der Waals surface area contributed by atoms with Crippen molar-refractivity contribution < 1.29 is 18.7 Å². The number of hydrogen-bond acceptors (Lipinski definition) is 3. The smallest absolute Gasteiger partial charge is 0.317 e. The second kappa shape index (κ2) is 7.21. The molecule has 0 spiro atoms. The standard InChI is InChI=1S/C18H19FN2O3/c1-21(11-14-3-2-4-15(19)9-14)18(22)20-8-7-13-5-6-16-17(10-13)24-12-23-16/h2-6,9-10H,7-8,11-12H2,1H3,(H,20,22). The third-order valence-corrected chi connectivity index (χ3v) is 3.78. The minimum atomic E-state index is -0.302. The van der Waals surface area contributed by atoms with Crippen molar-refractivity contribution in [2.24, 2.45) is 0 Å². The molecule has 0 saturated carbocycles. The largest absolute Gasteiger partial charge is 0.454 e. The Morgan fingerprint density at radius 3 is 2.83 bits per heavy atom. The Kier molecular flexibility index (Phi) is 4.84. The number of rotatable bonds is 5.